The Kier molecular flexibility index (Phi) is 34.5. The largest absolute Gasteiger partial charge is 0.370 e. The van der Waals surface area contributed by atoms with E-state index in [1.807, 2.05) is 0 Å². The van der Waals surface area contributed by atoms with Crippen molar-refractivity contribution in [1.82, 2.24) is 0 Å². The van der Waals surface area contributed by atoms with E-state index in [0.717, 1.165) is 0 Å². The molecule has 0 saturated carbocycles. The van der Waals surface area contributed by atoms with Gasteiger partial charge in [-0.1, -0.05) is 12.6 Å². The molecule has 11 heteroatoms. The topological polar surface area (TPSA) is 251 Å². The summed E-state index contributed by atoms with van der Waals surface area (Å²) in [6.07, 6.45) is 0. The summed E-state index contributed by atoms with van der Waals surface area (Å²) in [7, 11) is 0. The second kappa shape index (κ2) is 22.6. The van der Waals surface area contributed by atoms with E-state index >= 15 is 0 Å². The Morgan fingerprint density at radius 1 is 0.800 bits per heavy atom. The lowest BCUT2D eigenvalue weighted by Gasteiger charge is -1.69. The zero-order chi connectivity index (χ0) is 13.4. The predicted octanol–water partition coefficient (Wildman–Crippen LogP) is -3.09. The molecule has 15 heavy (non-hydrogen) atoms. The minimum atomic E-state index is -0.333. The molecule has 0 amide bonds. The molecule has 0 rings (SSSR count). The van der Waals surface area contributed by atoms with Crippen LogP contribution in [0.1, 0.15) is 0 Å². The molecule has 0 unspecified atom stereocenters. The fourth-order valence-corrected chi connectivity index (χ4v) is 0. The van der Waals surface area contributed by atoms with Crippen LogP contribution in [0.2, 0.25) is 0 Å². The van der Waals surface area contributed by atoms with Crippen LogP contribution < -0.4 is 34.4 Å². The summed E-state index contributed by atoms with van der Waals surface area (Å²) in [6, 6.07) is 0. The molecular weight excluding hydrogens is 220 g/mol. The minimum absolute atomic E-state index is 0.333. The van der Waals surface area contributed by atoms with Gasteiger partial charge in [0.15, 0.2) is 17.9 Å². The number of hydrogen-bond acceptors (Lipinski definition) is 5. The van der Waals surface area contributed by atoms with Gasteiger partial charge in [-0.3, -0.25) is 16.2 Å². The third-order valence-electron chi connectivity index (χ3n) is 0. The molecule has 0 aliphatic heterocycles. The van der Waals surface area contributed by atoms with Crippen LogP contribution in [0.15, 0.2) is 0 Å². The number of thiol groups is 1. The molecule has 0 fully saturated rings. The number of guanidine groups is 3. The molecule has 15 N–H and O–H groups in total. The third kappa shape index (κ3) is 196. The van der Waals surface area contributed by atoms with Crippen LogP contribution in [0.3, 0.4) is 0 Å². The van der Waals surface area contributed by atoms with Crippen LogP contribution >= 0.6 is 12.6 Å². The van der Waals surface area contributed by atoms with Gasteiger partial charge in [0.2, 0.25) is 0 Å². The van der Waals surface area contributed by atoms with Gasteiger partial charge in [0.05, 0.1) is 0 Å². The van der Waals surface area contributed by atoms with Gasteiger partial charge in [0, 0.05) is 0 Å². The average molecular weight is 236 g/mol. The van der Waals surface area contributed by atoms with Crippen LogP contribution in [0.25, 0.3) is 0 Å². The standard InChI is InChI=1S/3CH5N3.CHNS/c3*2-1(3)4;2-1-3/h3*(H5,2,3,4);3H. The average Bonchev–Trinajstić information content (AvgIpc) is 1.81. The molecule has 0 bridgehead atoms. The van der Waals surface area contributed by atoms with Crippen LogP contribution in [-0.4, -0.2) is 17.9 Å². The highest BCUT2D eigenvalue weighted by molar-refractivity contribution is 7.85. The molecule has 0 spiro atoms. The van der Waals surface area contributed by atoms with Gasteiger partial charge in [0.25, 0.3) is 0 Å². The number of nitriles is 1. The Balaban J connectivity index is -0.0000000542. The van der Waals surface area contributed by atoms with E-state index in [2.05, 4.69) is 47.0 Å². The fraction of sp³-hybridized carbons (Fsp3) is 0. The number of nitrogens with zero attached hydrogens (tertiary/aromatic N) is 1. The summed E-state index contributed by atoms with van der Waals surface area (Å²) in [6.45, 7) is 0. The van der Waals surface area contributed by atoms with Crippen molar-refractivity contribution in [3.8, 4) is 5.40 Å². The predicted molar refractivity (Wildman–Crippen MR) is 62.9 cm³/mol. The first-order valence-electron chi connectivity index (χ1n) is 2.93. The summed E-state index contributed by atoms with van der Waals surface area (Å²) in [5.41, 5.74) is 26.8. The van der Waals surface area contributed by atoms with E-state index in [-0.39, 0.29) is 17.9 Å². The van der Waals surface area contributed by atoms with E-state index in [0.29, 0.717) is 0 Å². The van der Waals surface area contributed by atoms with Crippen LogP contribution in [0, 0.1) is 26.9 Å². The number of hydrogen-bond donors (Lipinski definition) is 10. The van der Waals surface area contributed by atoms with Gasteiger partial charge >= 0.3 is 0 Å². The normalized spacial score (nSPS) is 5.33. The van der Waals surface area contributed by atoms with Crippen molar-refractivity contribution in [1.29, 1.82) is 21.5 Å². The zero-order valence-corrected chi connectivity index (χ0v) is 8.75. The minimum Gasteiger partial charge on any atom is -0.370 e. The molecule has 0 saturated heterocycles. The molecule has 88 valence electrons. The van der Waals surface area contributed by atoms with E-state index in [1.54, 1.807) is 0 Å². The summed E-state index contributed by atoms with van der Waals surface area (Å²) in [5, 5.41) is 26.8. The first-order chi connectivity index (χ1) is 6.61. The van der Waals surface area contributed by atoms with Crippen molar-refractivity contribution in [2.24, 2.45) is 34.4 Å². The molecule has 0 aliphatic rings. The zero-order valence-electron chi connectivity index (χ0n) is 7.86. The molecule has 0 atom stereocenters. The monoisotopic (exact) mass is 236 g/mol. The van der Waals surface area contributed by atoms with Gasteiger partial charge < -0.3 is 34.4 Å². The molecule has 0 radical (unpaired) electrons. The SMILES string of the molecule is N#CS.N=C(N)N.N=C(N)N.N=C(N)N. The Labute approximate surface area is 92.5 Å². The van der Waals surface area contributed by atoms with Crippen molar-refractivity contribution in [3.05, 3.63) is 0 Å². The number of nitrogens with one attached hydrogen (secondary N) is 3. The smallest absolute Gasteiger partial charge is 0.183 e. The van der Waals surface area contributed by atoms with Crippen molar-refractivity contribution in [3.63, 3.8) is 0 Å². The van der Waals surface area contributed by atoms with E-state index in [4.69, 9.17) is 21.5 Å². The van der Waals surface area contributed by atoms with E-state index < -0.39 is 0 Å². The second-order valence-electron chi connectivity index (χ2n) is 1.47. The molecule has 0 aromatic heterocycles. The lowest BCUT2D eigenvalue weighted by atomic mass is 11.1. The van der Waals surface area contributed by atoms with Gasteiger partial charge in [0.1, 0.15) is 5.40 Å². The number of nitrogens with two attached hydrogens (primary N) is 6. The summed E-state index contributed by atoms with van der Waals surface area (Å²) < 4.78 is 0. The van der Waals surface area contributed by atoms with Crippen molar-refractivity contribution in [2.75, 3.05) is 0 Å². The molecule has 0 aromatic carbocycles. The Bertz CT molecular complexity index is 175. The summed E-state index contributed by atoms with van der Waals surface area (Å²) >= 11 is 3.09. The molecule has 10 nitrogen and oxygen atoms in total. The number of thiocyanates is 1. The maximum Gasteiger partial charge on any atom is 0.183 e. The van der Waals surface area contributed by atoms with Crippen LogP contribution in [0.5, 0.6) is 0 Å². The van der Waals surface area contributed by atoms with Crippen molar-refractivity contribution >= 4 is 30.5 Å². The fourth-order valence-electron chi connectivity index (χ4n) is 0. The molecule has 0 aliphatic carbocycles. The highest BCUT2D eigenvalue weighted by Crippen LogP contribution is 1.46. The summed E-state index contributed by atoms with van der Waals surface area (Å²) in [5.74, 6) is -1.000. The van der Waals surface area contributed by atoms with Gasteiger partial charge in [-0.2, -0.15) is 5.26 Å². The maximum atomic E-state index is 7.18. The van der Waals surface area contributed by atoms with Gasteiger partial charge in [-0.05, 0) is 0 Å². The quantitative estimate of drug-likeness (QED) is 0.0896. The maximum absolute atomic E-state index is 7.18. The molecule has 0 heterocycles. The molecular formula is C4H16N10S. The number of rotatable bonds is 0. The lowest BCUT2D eigenvalue weighted by Crippen LogP contribution is -2.20. The van der Waals surface area contributed by atoms with Crippen molar-refractivity contribution < 1.29 is 0 Å². The second-order valence-corrected chi connectivity index (χ2v) is 1.67. The Hall–Kier alpha value is -2.35. The Morgan fingerprint density at radius 2 is 0.800 bits per heavy atom. The van der Waals surface area contributed by atoms with Gasteiger partial charge in [-0.25, -0.2) is 0 Å². The Morgan fingerprint density at radius 3 is 0.800 bits per heavy atom. The highest BCUT2D eigenvalue weighted by atomic mass is 32.1. The molecule has 0 aromatic rings. The summed E-state index contributed by atoms with van der Waals surface area (Å²) in [4.78, 5) is 0. The lowest BCUT2D eigenvalue weighted by molar-refractivity contribution is 1.38. The highest BCUT2D eigenvalue weighted by Gasteiger charge is 1.53. The van der Waals surface area contributed by atoms with E-state index in [1.165, 1.54) is 5.40 Å². The first kappa shape index (κ1) is 22.9. The van der Waals surface area contributed by atoms with Gasteiger partial charge in [-0.15, -0.1) is 0 Å². The first-order valence-corrected chi connectivity index (χ1v) is 3.38. The van der Waals surface area contributed by atoms with E-state index in [9.17, 15) is 0 Å². The van der Waals surface area contributed by atoms with Crippen LogP contribution in [-0.2, 0) is 0 Å². The van der Waals surface area contributed by atoms with Crippen LogP contribution in [0.4, 0.5) is 0 Å². The third-order valence-corrected chi connectivity index (χ3v) is 0. The van der Waals surface area contributed by atoms with Crippen molar-refractivity contribution in [2.45, 2.75) is 0 Å².